The molecular weight excluding hydrogens is 232 g/mol. The molecule has 0 amide bonds. The Kier molecular flexibility index (Phi) is 3.26. The lowest BCUT2D eigenvalue weighted by Gasteiger charge is -2.27. The van der Waals surface area contributed by atoms with Gasteiger partial charge in [-0.15, -0.1) is 0 Å². The van der Waals surface area contributed by atoms with E-state index in [1.54, 1.807) is 0 Å². The van der Waals surface area contributed by atoms with Gasteiger partial charge in [0.25, 0.3) is 0 Å². The molecule has 3 rings (SSSR count). The fourth-order valence-electron chi connectivity index (χ4n) is 2.72. The van der Waals surface area contributed by atoms with E-state index in [0.29, 0.717) is 0 Å². The average molecular weight is 252 g/mol. The highest BCUT2D eigenvalue weighted by atomic mass is 15.1. The number of aryl methyl sites for hydroxylation is 1. The summed E-state index contributed by atoms with van der Waals surface area (Å²) < 4.78 is 0. The highest BCUT2D eigenvalue weighted by Gasteiger charge is 2.15. The molecule has 0 saturated carbocycles. The average Bonchev–Trinajstić information content (AvgIpc) is 2.47. The van der Waals surface area contributed by atoms with Gasteiger partial charge in [-0.05, 0) is 49.2 Å². The van der Waals surface area contributed by atoms with Crippen LogP contribution in [-0.4, -0.2) is 13.6 Å². The summed E-state index contributed by atoms with van der Waals surface area (Å²) in [7, 11) is 2.15. The minimum atomic E-state index is 0.974. The fraction of sp³-hybridized carbons (Fsp3) is 0.294. The molecule has 0 atom stereocenters. The summed E-state index contributed by atoms with van der Waals surface area (Å²) in [4.78, 5) is 2.28. The van der Waals surface area contributed by atoms with Crippen molar-refractivity contribution in [3.05, 3.63) is 59.2 Å². The van der Waals surface area contributed by atoms with Crippen molar-refractivity contribution < 1.29 is 0 Å². The Hall–Kier alpha value is -1.80. The number of hydrogen-bond donors (Lipinski definition) is 1. The van der Waals surface area contributed by atoms with E-state index in [1.807, 2.05) is 0 Å². The third kappa shape index (κ3) is 2.36. The molecule has 1 aliphatic rings. The molecule has 1 heterocycles. The predicted octanol–water partition coefficient (Wildman–Crippen LogP) is 3.41. The number of benzene rings is 2. The number of nitrogens with one attached hydrogen (secondary N) is 1. The molecule has 1 aliphatic heterocycles. The Bertz CT molecular complexity index is 572. The maximum absolute atomic E-state index is 3.47. The highest BCUT2D eigenvalue weighted by molar-refractivity contribution is 5.67. The molecule has 2 aromatic rings. The van der Waals surface area contributed by atoms with E-state index in [4.69, 9.17) is 0 Å². The number of anilines is 2. The Morgan fingerprint density at radius 1 is 1.05 bits per heavy atom. The molecule has 0 saturated heterocycles. The first-order valence-corrected chi connectivity index (χ1v) is 6.87. The van der Waals surface area contributed by atoms with E-state index in [-0.39, 0.29) is 0 Å². The van der Waals surface area contributed by atoms with Crippen molar-refractivity contribution in [1.82, 2.24) is 5.32 Å². The van der Waals surface area contributed by atoms with Gasteiger partial charge in [0.15, 0.2) is 0 Å². The van der Waals surface area contributed by atoms with Crippen LogP contribution in [0.5, 0.6) is 0 Å². The van der Waals surface area contributed by atoms with Gasteiger partial charge in [-0.3, -0.25) is 0 Å². The van der Waals surface area contributed by atoms with Crippen LogP contribution in [0.1, 0.15) is 16.7 Å². The topological polar surface area (TPSA) is 15.3 Å². The van der Waals surface area contributed by atoms with Gasteiger partial charge in [0, 0.05) is 25.0 Å². The zero-order valence-corrected chi connectivity index (χ0v) is 11.6. The van der Waals surface area contributed by atoms with Crippen LogP contribution in [0.25, 0.3) is 0 Å². The van der Waals surface area contributed by atoms with Crippen molar-refractivity contribution in [2.75, 3.05) is 18.5 Å². The second-order valence-corrected chi connectivity index (χ2v) is 5.24. The van der Waals surface area contributed by atoms with Gasteiger partial charge in [0.2, 0.25) is 0 Å². The quantitative estimate of drug-likeness (QED) is 0.881. The van der Waals surface area contributed by atoms with Gasteiger partial charge in [-0.2, -0.15) is 0 Å². The Balaban J connectivity index is 1.99. The number of rotatable bonds is 2. The Morgan fingerprint density at radius 2 is 1.84 bits per heavy atom. The number of hydrogen-bond acceptors (Lipinski definition) is 2. The fourth-order valence-corrected chi connectivity index (χ4v) is 2.72. The van der Waals surface area contributed by atoms with Crippen molar-refractivity contribution in [3.8, 4) is 0 Å². The first-order valence-electron chi connectivity index (χ1n) is 6.87. The summed E-state index contributed by atoms with van der Waals surface area (Å²) in [6.07, 6.45) is 1.13. The summed E-state index contributed by atoms with van der Waals surface area (Å²) in [6.45, 7) is 4.19. The molecule has 1 N–H and O–H groups in total. The van der Waals surface area contributed by atoms with E-state index in [2.05, 4.69) is 66.7 Å². The van der Waals surface area contributed by atoms with Crippen molar-refractivity contribution >= 4 is 11.4 Å². The first kappa shape index (κ1) is 12.2. The van der Waals surface area contributed by atoms with Gasteiger partial charge in [-0.1, -0.05) is 29.8 Å². The molecule has 2 heteroatoms. The van der Waals surface area contributed by atoms with Crippen LogP contribution in [0.4, 0.5) is 11.4 Å². The van der Waals surface area contributed by atoms with E-state index in [9.17, 15) is 0 Å². The lowest BCUT2D eigenvalue weighted by molar-refractivity contribution is 0.643. The molecule has 2 aromatic carbocycles. The summed E-state index contributed by atoms with van der Waals surface area (Å²) in [6, 6.07) is 15.3. The van der Waals surface area contributed by atoms with Gasteiger partial charge in [0.05, 0.1) is 0 Å². The standard InChI is InChI=1S/C17H20N2/c1-13-6-8-15(9-7-13)19(2)17-5-3-4-14-10-11-18-12-16(14)17/h3-9,18H,10-12H2,1-2H3. The first-order chi connectivity index (χ1) is 9.25. The van der Waals surface area contributed by atoms with Gasteiger partial charge in [0.1, 0.15) is 0 Å². The maximum Gasteiger partial charge on any atom is 0.0456 e. The monoisotopic (exact) mass is 252 g/mol. The summed E-state index contributed by atoms with van der Waals surface area (Å²) in [5.41, 5.74) is 6.78. The van der Waals surface area contributed by atoms with Gasteiger partial charge >= 0.3 is 0 Å². The molecule has 0 bridgehead atoms. The summed E-state index contributed by atoms with van der Waals surface area (Å²) in [5, 5.41) is 3.47. The highest BCUT2D eigenvalue weighted by Crippen LogP contribution is 2.30. The second kappa shape index (κ2) is 5.06. The number of nitrogens with zero attached hydrogens (tertiary/aromatic N) is 1. The normalized spacial score (nSPS) is 14.0. The van der Waals surface area contributed by atoms with Crippen LogP contribution < -0.4 is 10.2 Å². The van der Waals surface area contributed by atoms with Crippen LogP contribution >= 0.6 is 0 Å². The molecule has 0 radical (unpaired) electrons. The van der Waals surface area contributed by atoms with Crippen LogP contribution in [0.3, 0.4) is 0 Å². The molecule has 0 spiro atoms. The van der Waals surface area contributed by atoms with Gasteiger partial charge in [-0.25, -0.2) is 0 Å². The summed E-state index contributed by atoms with van der Waals surface area (Å²) in [5.74, 6) is 0. The molecular formula is C17H20N2. The predicted molar refractivity (Wildman–Crippen MR) is 81.1 cm³/mol. The minimum Gasteiger partial charge on any atom is -0.344 e. The smallest absolute Gasteiger partial charge is 0.0456 e. The van der Waals surface area contributed by atoms with Crippen LogP contribution in [0.2, 0.25) is 0 Å². The molecule has 19 heavy (non-hydrogen) atoms. The third-order valence-corrected chi connectivity index (χ3v) is 3.90. The lowest BCUT2D eigenvalue weighted by atomic mass is 9.98. The Morgan fingerprint density at radius 3 is 2.63 bits per heavy atom. The molecule has 0 unspecified atom stereocenters. The van der Waals surface area contributed by atoms with E-state index in [1.165, 1.54) is 28.1 Å². The van der Waals surface area contributed by atoms with Crippen LogP contribution in [0.15, 0.2) is 42.5 Å². The Labute approximate surface area is 115 Å². The van der Waals surface area contributed by atoms with Crippen molar-refractivity contribution in [2.45, 2.75) is 19.9 Å². The zero-order chi connectivity index (χ0) is 13.2. The zero-order valence-electron chi connectivity index (χ0n) is 11.6. The van der Waals surface area contributed by atoms with Crippen molar-refractivity contribution in [1.29, 1.82) is 0 Å². The molecule has 98 valence electrons. The largest absolute Gasteiger partial charge is 0.344 e. The van der Waals surface area contributed by atoms with Gasteiger partial charge < -0.3 is 10.2 Å². The molecule has 0 aliphatic carbocycles. The van der Waals surface area contributed by atoms with Crippen LogP contribution in [-0.2, 0) is 13.0 Å². The van der Waals surface area contributed by atoms with Crippen molar-refractivity contribution in [2.24, 2.45) is 0 Å². The van der Waals surface area contributed by atoms with Crippen molar-refractivity contribution in [3.63, 3.8) is 0 Å². The van der Waals surface area contributed by atoms with E-state index in [0.717, 1.165) is 19.5 Å². The molecule has 0 aromatic heterocycles. The van der Waals surface area contributed by atoms with E-state index >= 15 is 0 Å². The number of fused-ring (bicyclic) bond motifs is 1. The summed E-state index contributed by atoms with van der Waals surface area (Å²) >= 11 is 0. The second-order valence-electron chi connectivity index (χ2n) is 5.24. The molecule has 0 fully saturated rings. The lowest BCUT2D eigenvalue weighted by Crippen LogP contribution is -2.26. The van der Waals surface area contributed by atoms with E-state index < -0.39 is 0 Å². The molecule has 2 nitrogen and oxygen atoms in total. The minimum absolute atomic E-state index is 0.974. The van der Waals surface area contributed by atoms with Crippen LogP contribution in [0, 0.1) is 6.92 Å². The third-order valence-electron chi connectivity index (χ3n) is 3.90. The SMILES string of the molecule is Cc1ccc(N(C)c2cccc3c2CNCC3)cc1. The maximum atomic E-state index is 3.47.